The first kappa shape index (κ1) is 24.2. The SMILES string of the molecule is COC(C[C@H](NC(=O)OC(C)(C)C)c1ccc(C)cc1)NC(=O)OCc1ccccc1. The van der Waals surface area contributed by atoms with Crippen LogP contribution in [0.5, 0.6) is 0 Å². The molecule has 0 aliphatic carbocycles. The molecule has 2 aromatic carbocycles. The van der Waals surface area contributed by atoms with E-state index in [-0.39, 0.29) is 6.61 Å². The number of rotatable bonds is 8. The number of ether oxygens (including phenoxy) is 3. The normalized spacial score (nSPS) is 13.1. The van der Waals surface area contributed by atoms with Crippen LogP contribution in [0.15, 0.2) is 54.6 Å². The molecule has 0 aliphatic rings. The molecular formula is C24H32N2O5. The first-order valence-electron chi connectivity index (χ1n) is 10.2. The van der Waals surface area contributed by atoms with Crippen LogP contribution in [0.1, 0.15) is 49.9 Å². The van der Waals surface area contributed by atoms with E-state index in [1.54, 1.807) is 20.8 Å². The van der Waals surface area contributed by atoms with Crippen molar-refractivity contribution in [2.24, 2.45) is 0 Å². The number of carbonyl (C=O) groups excluding carboxylic acids is 2. The van der Waals surface area contributed by atoms with E-state index in [1.165, 1.54) is 7.11 Å². The van der Waals surface area contributed by atoms with Gasteiger partial charge in [0.05, 0.1) is 6.04 Å². The number of amides is 2. The Hall–Kier alpha value is -3.06. The van der Waals surface area contributed by atoms with E-state index in [1.807, 2.05) is 61.5 Å². The van der Waals surface area contributed by atoms with Gasteiger partial charge in [-0.3, -0.25) is 5.32 Å². The first-order chi connectivity index (χ1) is 14.7. The van der Waals surface area contributed by atoms with Gasteiger partial charge in [0, 0.05) is 13.5 Å². The summed E-state index contributed by atoms with van der Waals surface area (Å²) in [4.78, 5) is 24.6. The zero-order chi connectivity index (χ0) is 22.9. The summed E-state index contributed by atoms with van der Waals surface area (Å²) >= 11 is 0. The Bertz CT molecular complexity index is 831. The summed E-state index contributed by atoms with van der Waals surface area (Å²) in [5.41, 5.74) is 2.24. The van der Waals surface area contributed by atoms with Crippen molar-refractivity contribution in [3.05, 3.63) is 71.3 Å². The predicted octanol–water partition coefficient (Wildman–Crippen LogP) is 4.85. The standard InChI is InChI=1S/C24H32N2O5/c1-17-11-13-19(14-12-17)20(25-23(28)31-24(2,3)4)15-21(29-5)26-22(27)30-16-18-9-7-6-8-10-18/h6-14,20-21H,15-16H2,1-5H3,(H,25,28)(H,26,27)/t20-,21?/m0/s1. The van der Waals surface area contributed by atoms with Crippen LogP contribution in [0.4, 0.5) is 9.59 Å². The van der Waals surface area contributed by atoms with E-state index >= 15 is 0 Å². The van der Waals surface area contributed by atoms with Gasteiger partial charge in [-0.2, -0.15) is 0 Å². The van der Waals surface area contributed by atoms with Gasteiger partial charge >= 0.3 is 12.2 Å². The summed E-state index contributed by atoms with van der Waals surface area (Å²) in [6.07, 6.45) is -1.53. The molecule has 7 nitrogen and oxygen atoms in total. The molecule has 1 unspecified atom stereocenters. The van der Waals surface area contributed by atoms with Gasteiger partial charge in [0.2, 0.25) is 0 Å². The first-order valence-corrected chi connectivity index (χ1v) is 10.2. The summed E-state index contributed by atoms with van der Waals surface area (Å²) in [5, 5.41) is 5.57. The second-order valence-corrected chi connectivity index (χ2v) is 8.28. The highest BCUT2D eigenvalue weighted by molar-refractivity contribution is 5.69. The number of benzene rings is 2. The Morgan fingerprint density at radius 1 is 0.935 bits per heavy atom. The van der Waals surface area contributed by atoms with Crippen molar-refractivity contribution in [2.45, 2.75) is 58.6 Å². The van der Waals surface area contributed by atoms with Gasteiger partial charge in [0.1, 0.15) is 18.4 Å². The largest absolute Gasteiger partial charge is 0.445 e. The van der Waals surface area contributed by atoms with E-state index in [4.69, 9.17) is 14.2 Å². The highest BCUT2D eigenvalue weighted by Crippen LogP contribution is 2.21. The van der Waals surface area contributed by atoms with Gasteiger partial charge in [-0.1, -0.05) is 60.2 Å². The number of aryl methyl sites for hydroxylation is 1. The maximum Gasteiger partial charge on any atom is 0.409 e. The van der Waals surface area contributed by atoms with Crippen molar-refractivity contribution in [2.75, 3.05) is 7.11 Å². The Labute approximate surface area is 184 Å². The molecule has 0 aromatic heterocycles. The maximum atomic E-state index is 12.4. The van der Waals surface area contributed by atoms with Gasteiger partial charge in [-0.05, 0) is 38.8 Å². The van der Waals surface area contributed by atoms with Crippen LogP contribution in [-0.4, -0.2) is 31.1 Å². The number of hydrogen-bond acceptors (Lipinski definition) is 5. The topological polar surface area (TPSA) is 85.9 Å². The molecule has 0 saturated heterocycles. The molecule has 0 saturated carbocycles. The summed E-state index contributed by atoms with van der Waals surface area (Å²) < 4.78 is 16.1. The zero-order valence-electron chi connectivity index (χ0n) is 18.8. The molecular weight excluding hydrogens is 396 g/mol. The Morgan fingerprint density at radius 2 is 1.58 bits per heavy atom. The number of nitrogens with one attached hydrogen (secondary N) is 2. The number of carbonyl (C=O) groups is 2. The van der Waals surface area contributed by atoms with Crippen LogP contribution < -0.4 is 10.6 Å². The third-order valence-corrected chi connectivity index (χ3v) is 4.40. The summed E-state index contributed by atoms with van der Waals surface area (Å²) in [7, 11) is 1.49. The molecule has 2 amide bonds. The van der Waals surface area contributed by atoms with Crippen LogP contribution in [0.2, 0.25) is 0 Å². The maximum absolute atomic E-state index is 12.4. The van der Waals surface area contributed by atoms with Crippen molar-refractivity contribution in [1.29, 1.82) is 0 Å². The predicted molar refractivity (Wildman–Crippen MR) is 118 cm³/mol. The minimum absolute atomic E-state index is 0.153. The van der Waals surface area contributed by atoms with Crippen molar-refractivity contribution < 1.29 is 23.8 Å². The molecule has 0 radical (unpaired) electrons. The molecule has 2 aromatic rings. The van der Waals surface area contributed by atoms with Gasteiger partial charge in [-0.15, -0.1) is 0 Å². The lowest BCUT2D eigenvalue weighted by molar-refractivity contribution is 0.0371. The Kier molecular flexibility index (Phi) is 8.88. The summed E-state index contributed by atoms with van der Waals surface area (Å²) in [6.45, 7) is 7.55. The van der Waals surface area contributed by atoms with Crippen LogP contribution in [0.25, 0.3) is 0 Å². The number of alkyl carbamates (subject to hydrolysis) is 2. The van der Waals surface area contributed by atoms with Crippen LogP contribution >= 0.6 is 0 Å². The Morgan fingerprint density at radius 3 is 2.16 bits per heavy atom. The molecule has 7 heteroatoms. The number of methoxy groups -OCH3 is 1. The van der Waals surface area contributed by atoms with Gasteiger partial charge in [0.25, 0.3) is 0 Å². The fourth-order valence-electron chi connectivity index (χ4n) is 2.85. The van der Waals surface area contributed by atoms with Crippen molar-refractivity contribution >= 4 is 12.2 Å². The molecule has 2 rings (SSSR count). The highest BCUT2D eigenvalue weighted by atomic mass is 16.6. The summed E-state index contributed by atoms with van der Waals surface area (Å²) in [5.74, 6) is 0. The van der Waals surface area contributed by atoms with Crippen LogP contribution in [-0.2, 0) is 20.8 Å². The van der Waals surface area contributed by atoms with Crippen molar-refractivity contribution in [3.63, 3.8) is 0 Å². The molecule has 31 heavy (non-hydrogen) atoms. The smallest absolute Gasteiger partial charge is 0.409 e. The van der Waals surface area contributed by atoms with E-state index in [2.05, 4.69) is 10.6 Å². The van der Waals surface area contributed by atoms with E-state index < -0.39 is 30.1 Å². The van der Waals surface area contributed by atoms with Crippen LogP contribution in [0, 0.1) is 6.92 Å². The molecule has 0 heterocycles. The lowest BCUT2D eigenvalue weighted by atomic mass is 10.0. The third-order valence-electron chi connectivity index (χ3n) is 4.40. The molecule has 0 bridgehead atoms. The fraction of sp³-hybridized carbons (Fsp3) is 0.417. The average Bonchev–Trinajstić information content (AvgIpc) is 2.71. The Balaban J connectivity index is 2.02. The van der Waals surface area contributed by atoms with Crippen molar-refractivity contribution in [3.8, 4) is 0 Å². The van der Waals surface area contributed by atoms with Crippen LogP contribution in [0.3, 0.4) is 0 Å². The molecule has 0 aliphatic heterocycles. The van der Waals surface area contributed by atoms with Gasteiger partial charge < -0.3 is 19.5 Å². The highest BCUT2D eigenvalue weighted by Gasteiger charge is 2.24. The van der Waals surface area contributed by atoms with E-state index in [0.29, 0.717) is 6.42 Å². The lowest BCUT2D eigenvalue weighted by Crippen LogP contribution is -2.41. The van der Waals surface area contributed by atoms with Gasteiger partial charge in [-0.25, -0.2) is 9.59 Å². The third kappa shape index (κ3) is 9.09. The molecule has 2 atom stereocenters. The second kappa shape index (κ2) is 11.4. The average molecular weight is 429 g/mol. The molecule has 0 fully saturated rings. The quantitative estimate of drug-likeness (QED) is 0.587. The van der Waals surface area contributed by atoms with Gasteiger partial charge in [0.15, 0.2) is 0 Å². The van der Waals surface area contributed by atoms with E-state index in [0.717, 1.165) is 16.7 Å². The zero-order valence-corrected chi connectivity index (χ0v) is 18.8. The molecule has 168 valence electrons. The van der Waals surface area contributed by atoms with E-state index in [9.17, 15) is 9.59 Å². The minimum Gasteiger partial charge on any atom is -0.445 e. The number of hydrogen-bond donors (Lipinski definition) is 2. The molecule has 2 N–H and O–H groups in total. The molecule has 0 spiro atoms. The second-order valence-electron chi connectivity index (χ2n) is 8.28. The summed E-state index contributed by atoms with van der Waals surface area (Å²) in [6, 6.07) is 16.7. The minimum atomic E-state index is -0.676. The fourth-order valence-corrected chi connectivity index (χ4v) is 2.85. The van der Waals surface area contributed by atoms with Crippen molar-refractivity contribution in [1.82, 2.24) is 10.6 Å². The monoisotopic (exact) mass is 428 g/mol. The lowest BCUT2D eigenvalue weighted by Gasteiger charge is -2.26.